The molecule has 0 aromatic heterocycles. The van der Waals surface area contributed by atoms with Gasteiger partial charge < -0.3 is 15.4 Å². The number of nitrogens with zero attached hydrogens (tertiary/aromatic N) is 1. The summed E-state index contributed by atoms with van der Waals surface area (Å²) in [6.45, 7) is 1.48. The standard InChI is InChI=1S/C24H19F4N3O4S/c1-2-35-23(34)20-19(15-8-3-4-9-17(15)25)16(11-29)22(31-21(20)33)36-12-18(32)30-14-7-5-6-13(10-14)24(26,27)28/h3-10,19-20H,2,12H2,1H3,(H,30,32)(H,31,33)/t19-,20+/m1/s1. The highest BCUT2D eigenvalue weighted by Crippen LogP contribution is 2.41. The Bertz CT molecular complexity index is 1260. The second kappa shape index (κ2) is 11.3. The normalized spacial score (nSPS) is 17.7. The van der Waals surface area contributed by atoms with Crippen LogP contribution >= 0.6 is 11.8 Å². The lowest BCUT2D eigenvalue weighted by Crippen LogP contribution is -2.44. The van der Waals surface area contributed by atoms with Crippen LogP contribution in [0.25, 0.3) is 0 Å². The van der Waals surface area contributed by atoms with Crippen LogP contribution in [0.2, 0.25) is 0 Å². The Kier molecular flexibility index (Phi) is 8.37. The van der Waals surface area contributed by atoms with Gasteiger partial charge in [-0.25, -0.2) is 4.39 Å². The second-order valence-electron chi connectivity index (χ2n) is 7.49. The van der Waals surface area contributed by atoms with Gasteiger partial charge in [0.15, 0.2) is 0 Å². The molecule has 2 aromatic carbocycles. The summed E-state index contributed by atoms with van der Waals surface area (Å²) in [5, 5.41) is 14.5. The molecule has 2 atom stereocenters. The number of benzene rings is 2. The van der Waals surface area contributed by atoms with Gasteiger partial charge in [-0.05, 0) is 36.8 Å². The third kappa shape index (κ3) is 6.04. The highest BCUT2D eigenvalue weighted by Gasteiger charge is 2.45. The zero-order valence-corrected chi connectivity index (χ0v) is 19.5. The minimum absolute atomic E-state index is 0.0461. The Balaban J connectivity index is 1.88. The number of halogens is 4. The summed E-state index contributed by atoms with van der Waals surface area (Å²) in [6, 6.07) is 11.3. The number of rotatable bonds is 7. The summed E-state index contributed by atoms with van der Waals surface area (Å²) in [6.07, 6.45) is -4.59. The number of thioether (sulfide) groups is 1. The number of amides is 2. The fraction of sp³-hybridized carbons (Fsp3) is 0.250. The Labute approximate surface area is 207 Å². The molecule has 7 nitrogen and oxygen atoms in total. The van der Waals surface area contributed by atoms with Crippen molar-refractivity contribution in [2.24, 2.45) is 5.92 Å². The minimum Gasteiger partial charge on any atom is -0.465 e. The quantitative estimate of drug-likeness (QED) is 0.319. The summed E-state index contributed by atoms with van der Waals surface area (Å²) >= 11 is 0.719. The lowest BCUT2D eigenvalue weighted by Gasteiger charge is -2.31. The molecular weight excluding hydrogens is 502 g/mol. The smallest absolute Gasteiger partial charge is 0.416 e. The molecule has 188 valence electrons. The molecule has 2 aromatic rings. The first-order chi connectivity index (χ1) is 17.1. The van der Waals surface area contributed by atoms with E-state index in [1.165, 1.54) is 31.2 Å². The number of hydrogen-bond acceptors (Lipinski definition) is 6. The number of esters is 1. The van der Waals surface area contributed by atoms with E-state index in [9.17, 15) is 37.2 Å². The molecule has 0 spiro atoms. The van der Waals surface area contributed by atoms with Crippen LogP contribution in [0.5, 0.6) is 0 Å². The molecule has 0 fully saturated rings. The van der Waals surface area contributed by atoms with Crippen molar-refractivity contribution in [3.63, 3.8) is 0 Å². The molecule has 2 amide bonds. The maximum Gasteiger partial charge on any atom is 0.416 e. The molecule has 0 unspecified atom stereocenters. The van der Waals surface area contributed by atoms with Crippen LogP contribution in [-0.4, -0.2) is 30.1 Å². The molecule has 1 aliphatic heterocycles. The third-order valence-corrected chi connectivity index (χ3v) is 6.15. The summed E-state index contributed by atoms with van der Waals surface area (Å²) in [5.74, 6) is -6.49. The van der Waals surface area contributed by atoms with Crippen LogP contribution in [0.15, 0.2) is 59.1 Å². The lowest BCUT2D eigenvalue weighted by atomic mass is 9.78. The Morgan fingerprint density at radius 3 is 2.56 bits per heavy atom. The SMILES string of the molecule is CCOC(=O)[C@@H]1C(=O)NC(SCC(=O)Nc2cccc(C(F)(F)F)c2)=C(C#N)[C@H]1c1ccccc1F. The molecule has 3 rings (SSSR count). The van der Waals surface area contributed by atoms with Crippen molar-refractivity contribution in [2.45, 2.75) is 19.0 Å². The van der Waals surface area contributed by atoms with Crippen molar-refractivity contribution in [3.8, 4) is 6.07 Å². The average Bonchev–Trinajstić information content (AvgIpc) is 2.82. The van der Waals surface area contributed by atoms with E-state index < -0.39 is 52.9 Å². The van der Waals surface area contributed by atoms with Crippen LogP contribution < -0.4 is 10.6 Å². The molecular formula is C24H19F4N3O4S. The maximum atomic E-state index is 14.7. The number of hydrogen-bond donors (Lipinski definition) is 2. The number of ether oxygens (including phenoxy) is 1. The van der Waals surface area contributed by atoms with Gasteiger partial charge in [0.2, 0.25) is 11.8 Å². The number of carbonyl (C=O) groups excluding carboxylic acids is 3. The predicted octanol–water partition coefficient (Wildman–Crippen LogP) is 4.34. The highest BCUT2D eigenvalue weighted by molar-refractivity contribution is 8.03. The molecule has 12 heteroatoms. The van der Waals surface area contributed by atoms with Crippen molar-refractivity contribution < 1.29 is 36.7 Å². The summed E-state index contributed by atoms with van der Waals surface area (Å²) in [7, 11) is 0. The van der Waals surface area contributed by atoms with Gasteiger partial charge >= 0.3 is 12.1 Å². The van der Waals surface area contributed by atoms with E-state index in [1.54, 1.807) is 0 Å². The van der Waals surface area contributed by atoms with E-state index in [2.05, 4.69) is 10.6 Å². The van der Waals surface area contributed by atoms with Crippen molar-refractivity contribution in [2.75, 3.05) is 17.7 Å². The first-order valence-electron chi connectivity index (χ1n) is 10.5. The second-order valence-corrected chi connectivity index (χ2v) is 8.47. The van der Waals surface area contributed by atoms with Crippen LogP contribution in [0.3, 0.4) is 0 Å². The molecule has 0 radical (unpaired) electrons. The van der Waals surface area contributed by atoms with Gasteiger partial charge in [0.25, 0.3) is 0 Å². The fourth-order valence-corrected chi connectivity index (χ4v) is 4.44. The molecule has 0 saturated heterocycles. The number of anilines is 1. The number of allylic oxidation sites excluding steroid dienone is 1. The zero-order valence-electron chi connectivity index (χ0n) is 18.7. The Hall–Kier alpha value is -3.85. The first-order valence-corrected chi connectivity index (χ1v) is 11.5. The number of nitrogens with one attached hydrogen (secondary N) is 2. The van der Waals surface area contributed by atoms with Gasteiger partial charge in [-0.2, -0.15) is 18.4 Å². The van der Waals surface area contributed by atoms with Gasteiger partial charge in [0.05, 0.1) is 34.6 Å². The predicted molar refractivity (Wildman–Crippen MR) is 123 cm³/mol. The fourth-order valence-electron chi connectivity index (χ4n) is 3.60. The largest absolute Gasteiger partial charge is 0.465 e. The Morgan fingerprint density at radius 2 is 1.92 bits per heavy atom. The van der Waals surface area contributed by atoms with E-state index in [0.29, 0.717) is 0 Å². The van der Waals surface area contributed by atoms with Gasteiger partial charge in [-0.3, -0.25) is 14.4 Å². The summed E-state index contributed by atoms with van der Waals surface area (Å²) < 4.78 is 58.3. The third-order valence-electron chi connectivity index (χ3n) is 5.13. The molecule has 1 heterocycles. The van der Waals surface area contributed by atoms with Crippen molar-refractivity contribution in [1.82, 2.24) is 5.32 Å². The monoisotopic (exact) mass is 521 g/mol. The van der Waals surface area contributed by atoms with E-state index in [4.69, 9.17) is 4.74 Å². The van der Waals surface area contributed by atoms with Crippen molar-refractivity contribution in [3.05, 3.63) is 76.1 Å². The van der Waals surface area contributed by atoms with E-state index in [1.807, 2.05) is 6.07 Å². The minimum atomic E-state index is -4.59. The van der Waals surface area contributed by atoms with Gasteiger partial charge in [-0.15, -0.1) is 0 Å². The topological polar surface area (TPSA) is 108 Å². The zero-order chi connectivity index (χ0) is 26.5. The summed E-state index contributed by atoms with van der Waals surface area (Å²) in [5.41, 5.74) is -1.27. The first kappa shape index (κ1) is 26.7. The molecule has 0 saturated carbocycles. The lowest BCUT2D eigenvalue weighted by molar-refractivity contribution is -0.153. The maximum absolute atomic E-state index is 14.7. The van der Waals surface area contributed by atoms with Crippen LogP contribution in [0.4, 0.5) is 23.2 Å². The average molecular weight is 521 g/mol. The van der Waals surface area contributed by atoms with Crippen molar-refractivity contribution in [1.29, 1.82) is 5.26 Å². The highest BCUT2D eigenvalue weighted by atomic mass is 32.2. The molecule has 0 aliphatic carbocycles. The molecule has 0 bridgehead atoms. The number of carbonyl (C=O) groups is 3. The summed E-state index contributed by atoms with van der Waals surface area (Å²) in [4.78, 5) is 37.8. The van der Waals surface area contributed by atoms with Crippen LogP contribution in [0.1, 0.15) is 24.0 Å². The van der Waals surface area contributed by atoms with Crippen molar-refractivity contribution >= 4 is 35.2 Å². The van der Waals surface area contributed by atoms with Gasteiger partial charge in [0, 0.05) is 11.6 Å². The Morgan fingerprint density at radius 1 is 1.19 bits per heavy atom. The van der Waals surface area contributed by atoms with Crippen LogP contribution in [0, 0.1) is 23.1 Å². The van der Waals surface area contributed by atoms with Gasteiger partial charge in [-0.1, -0.05) is 36.0 Å². The van der Waals surface area contributed by atoms with E-state index >= 15 is 0 Å². The molecule has 2 N–H and O–H groups in total. The molecule has 36 heavy (non-hydrogen) atoms. The number of nitriles is 1. The van der Waals surface area contributed by atoms with E-state index in [0.717, 1.165) is 36.0 Å². The van der Waals surface area contributed by atoms with Gasteiger partial charge in [0.1, 0.15) is 11.7 Å². The number of alkyl halides is 3. The van der Waals surface area contributed by atoms with Crippen LogP contribution in [-0.2, 0) is 25.3 Å². The van der Waals surface area contributed by atoms with E-state index in [-0.39, 0.29) is 28.5 Å². The molecule has 1 aliphatic rings.